The molecule has 2 rings (SSSR count). The molecule has 0 atom stereocenters. The van der Waals surface area contributed by atoms with Crippen molar-refractivity contribution in [2.75, 3.05) is 51.1 Å². The van der Waals surface area contributed by atoms with Crippen molar-refractivity contribution < 1.29 is 18.3 Å². The fourth-order valence-corrected chi connectivity index (χ4v) is 3.40. The van der Waals surface area contributed by atoms with Crippen molar-refractivity contribution in [1.29, 1.82) is 0 Å². The van der Waals surface area contributed by atoms with Gasteiger partial charge < -0.3 is 15.3 Å². The highest BCUT2D eigenvalue weighted by atomic mass is 35.5. The summed E-state index contributed by atoms with van der Waals surface area (Å²) >= 11 is 11.7. The van der Waals surface area contributed by atoms with E-state index in [4.69, 9.17) is 23.2 Å². The van der Waals surface area contributed by atoms with Crippen LogP contribution in [0.4, 0.5) is 5.69 Å². The zero-order chi connectivity index (χ0) is 20.0. The van der Waals surface area contributed by atoms with Crippen LogP contribution >= 0.6 is 23.2 Å². The second kappa shape index (κ2) is 9.61. The molecule has 0 radical (unpaired) electrons. The Labute approximate surface area is 168 Å². The number of rotatable bonds is 8. The number of halogens is 2. The Bertz CT molecular complexity index is 796. The average Bonchev–Trinajstić information content (AvgIpc) is 2.64. The van der Waals surface area contributed by atoms with Crippen LogP contribution in [0.1, 0.15) is 0 Å². The molecular formula is C16H22Cl2N4O4S. The lowest BCUT2D eigenvalue weighted by molar-refractivity contribution is -0.131. The number of carbonyl (C=O) groups is 1. The molecule has 1 heterocycles. The summed E-state index contributed by atoms with van der Waals surface area (Å²) in [5.41, 5.74) is 0.339. The van der Waals surface area contributed by atoms with E-state index in [0.717, 1.165) is 5.41 Å². The minimum absolute atomic E-state index is 0.0185. The standard InChI is InChI=1S/C16H22Cl2N4O4S/c1-2-27(25,26)20-3-4-21-5-7-22(8-6-21)16(24)11-19-14-9-12(17)13(18)10-15(14)23/h2,9-10,19-20,23H,1,3-8,11H2. The lowest BCUT2D eigenvalue weighted by Crippen LogP contribution is -2.51. The van der Waals surface area contributed by atoms with E-state index in [9.17, 15) is 18.3 Å². The Morgan fingerprint density at radius 1 is 1.22 bits per heavy atom. The average molecular weight is 437 g/mol. The van der Waals surface area contributed by atoms with Gasteiger partial charge in [0, 0.05) is 50.7 Å². The van der Waals surface area contributed by atoms with E-state index in [1.54, 1.807) is 4.90 Å². The monoisotopic (exact) mass is 436 g/mol. The van der Waals surface area contributed by atoms with Crippen molar-refractivity contribution in [3.8, 4) is 5.75 Å². The summed E-state index contributed by atoms with van der Waals surface area (Å²) in [6, 6.07) is 2.78. The molecule has 0 aliphatic carbocycles. The number of nitrogens with one attached hydrogen (secondary N) is 2. The number of nitrogens with zero attached hydrogens (tertiary/aromatic N) is 2. The maximum Gasteiger partial charge on any atom is 0.241 e. The zero-order valence-electron chi connectivity index (χ0n) is 14.6. The van der Waals surface area contributed by atoms with Crippen molar-refractivity contribution in [1.82, 2.24) is 14.5 Å². The zero-order valence-corrected chi connectivity index (χ0v) is 16.9. The predicted octanol–water partition coefficient (Wildman–Crippen LogP) is 1.32. The van der Waals surface area contributed by atoms with Crippen LogP contribution in [0.5, 0.6) is 5.75 Å². The maximum atomic E-state index is 12.3. The summed E-state index contributed by atoms with van der Waals surface area (Å²) in [6.45, 7) is 6.50. The van der Waals surface area contributed by atoms with Crippen molar-refractivity contribution in [3.05, 3.63) is 34.2 Å². The van der Waals surface area contributed by atoms with Gasteiger partial charge in [-0.1, -0.05) is 29.8 Å². The van der Waals surface area contributed by atoms with E-state index in [0.29, 0.717) is 45.0 Å². The minimum atomic E-state index is -3.41. The van der Waals surface area contributed by atoms with Crippen LogP contribution in [0, 0.1) is 0 Å². The summed E-state index contributed by atoms with van der Waals surface area (Å²) in [5.74, 6) is -0.184. The predicted molar refractivity (Wildman–Crippen MR) is 107 cm³/mol. The molecule has 1 aromatic rings. The first-order chi connectivity index (χ1) is 12.7. The van der Waals surface area contributed by atoms with Crippen molar-refractivity contribution in [2.45, 2.75) is 0 Å². The fraction of sp³-hybridized carbons (Fsp3) is 0.438. The van der Waals surface area contributed by atoms with E-state index in [2.05, 4.69) is 21.5 Å². The lowest BCUT2D eigenvalue weighted by Gasteiger charge is -2.34. The van der Waals surface area contributed by atoms with E-state index < -0.39 is 10.0 Å². The third kappa shape index (κ3) is 6.54. The molecule has 0 spiro atoms. The molecular weight excluding hydrogens is 415 g/mol. The van der Waals surface area contributed by atoms with Gasteiger partial charge >= 0.3 is 0 Å². The van der Waals surface area contributed by atoms with Gasteiger partial charge in [0.1, 0.15) is 5.75 Å². The number of anilines is 1. The number of piperazine rings is 1. The van der Waals surface area contributed by atoms with E-state index in [1.165, 1.54) is 12.1 Å². The highest BCUT2D eigenvalue weighted by Gasteiger charge is 2.21. The summed E-state index contributed by atoms with van der Waals surface area (Å²) in [6.07, 6.45) is 0. The summed E-state index contributed by atoms with van der Waals surface area (Å²) in [7, 11) is -3.41. The van der Waals surface area contributed by atoms with E-state index >= 15 is 0 Å². The van der Waals surface area contributed by atoms with Crippen LogP contribution in [0.15, 0.2) is 24.1 Å². The first-order valence-electron chi connectivity index (χ1n) is 8.26. The summed E-state index contributed by atoms with van der Waals surface area (Å²) in [5, 5.41) is 14.1. The largest absolute Gasteiger partial charge is 0.506 e. The summed E-state index contributed by atoms with van der Waals surface area (Å²) < 4.78 is 25.0. The van der Waals surface area contributed by atoms with E-state index in [-0.39, 0.29) is 28.2 Å². The molecule has 150 valence electrons. The highest BCUT2D eigenvalue weighted by Crippen LogP contribution is 2.33. The molecule has 0 bridgehead atoms. The van der Waals surface area contributed by atoms with Crippen molar-refractivity contribution in [3.63, 3.8) is 0 Å². The smallest absolute Gasteiger partial charge is 0.241 e. The molecule has 1 aromatic carbocycles. The Hall–Kier alpha value is -1.52. The topological polar surface area (TPSA) is 102 Å². The normalized spacial score (nSPS) is 15.6. The molecule has 1 amide bonds. The molecule has 1 saturated heterocycles. The van der Waals surface area contributed by atoms with Gasteiger partial charge in [-0.2, -0.15) is 0 Å². The molecule has 0 aromatic heterocycles. The number of phenols is 1. The number of hydrogen-bond donors (Lipinski definition) is 3. The lowest BCUT2D eigenvalue weighted by atomic mass is 10.2. The Morgan fingerprint density at radius 3 is 2.48 bits per heavy atom. The Morgan fingerprint density at radius 2 is 1.85 bits per heavy atom. The van der Waals surface area contributed by atoms with Gasteiger partial charge in [-0.05, 0) is 6.07 Å². The Kier molecular flexibility index (Phi) is 7.75. The van der Waals surface area contributed by atoms with Gasteiger partial charge in [0.15, 0.2) is 0 Å². The fourth-order valence-electron chi connectivity index (χ4n) is 2.59. The van der Waals surface area contributed by atoms with Crippen LogP contribution in [-0.4, -0.2) is 75.0 Å². The van der Waals surface area contributed by atoms with Crippen LogP contribution in [0.25, 0.3) is 0 Å². The van der Waals surface area contributed by atoms with Gasteiger partial charge in [-0.25, -0.2) is 13.1 Å². The molecule has 0 unspecified atom stereocenters. The number of amides is 1. The van der Waals surface area contributed by atoms with Gasteiger partial charge in [0.25, 0.3) is 0 Å². The second-order valence-electron chi connectivity index (χ2n) is 5.97. The first-order valence-corrected chi connectivity index (χ1v) is 10.6. The van der Waals surface area contributed by atoms with Gasteiger partial charge in [0.05, 0.1) is 22.3 Å². The molecule has 0 saturated carbocycles. The van der Waals surface area contributed by atoms with Gasteiger partial charge in [-0.3, -0.25) is 9.69 Å². The molecule has 3 N–H and O–H groups in total. The third-order valence-electron chi connectivity index (χ3n) is 4.14. The molecule has 1 aliphatic heterocycles. The number of carbonyl (C=O) groups excluding carboxylic acids is 1. The number of benzene rings is 1. The number of hydrogen-bond acceptors (Lipinski definition) is 6. The first kappa shape index (κ1) is 21.8. The van der Waals surface area contributed by atoms with Crippen LogP contribution in [0.2, 0.25) is 10.0 Å². The molecule has 1 aliphatic rings. The second-order valence-corrected chi connectivity index (χ2v) is 8.49. The van der Waals surface area contributed by atoms with Crippen LogP contribution < -0.4 is 10.0 Å². The van der Waals surface area contributed by atoms with Gasteiger partial charge in [-0.15, -0.1) is 0 Å². The van der Waals surface area contributed by atoms with Crippen LogP contribution in [-0.2, 0) is 14.8 Å². The van der Waals surface area contributed by atoms with Crippen molar-refractivity contribution >= 4 is 44.8 Å². The van der Waals surface area contributed by atoms with Crippen molar-refractivity contribution in [2.24, 2.45) is 0 Å². The van der Waals surface area contributed by atoms with Crippen LogP contribution in [0.3, 0.4) is 0 Å². The quantitative estimate of drug-likeness (QED) is 0.531. The van der Waals surface area contributed by atoms with E-state index in [1.807, 2.05) is 0 Å². The molecule has 8 nitrogen and oxygen atoms in total. The highest BCUT2D eigenvalue weighted by molar-refractivity contribution is 7.92. The van der Waals surface area contributed by atoms with Gasteiger partial charge in [0.2, 0.25) is 15.9 Å². The molecule has 27 heavy (non-hydrogen) atoms. The maximum absolute atomic E-state index is 12.3. The number of sulfonamides is 1. The molecule has 1 fully saturated rings. The third-order valence-corrected chi connectivity index (χ3v) is 5.91. The minimum Gasteiger partial charge on any atom is -0.506 e. The Balaban J connectivity index is 1.75. The number of aromatic hydroxyl groups is 1. The summed E-state index contributed by atoms with van der Waals surface area (Å²) in [4.78, 5) is 16.1. The molecule has 11 heteroatoms. The number of phenolic OH excluding ortho intramolecular Hbond substituents is 1. The SMILES string of the molecule is C=CS(=O)(=O)NCCN1CCN(C(=O)CNc2cc(Cl)c(Cl)cc2O)CC1.